The molecule has 0 spiro atoms. The Hall–Kier alpha value is -1.34. The van der Waals surface area contributed by atoms with Crippen LogP contribution in [0.2, 0.25) is 0 Å². The highest BCUT2D eigenvalue weighted by Gasteiger charge is 2.19. The molecular weight excluding hydrogens is 284 g/mol. The van der Waals surface area contributed by atoms with Crippen molar-refractivity contribution in [2.75, 3.05) is 32.7 Å². The molecule has 1 fully saturated rings. The Bertz CT molecular complexity index is 360. The van der Waals surface area contributed by atoms with E-state index in [1.807, 2.05) is 20.8 Å². The Labute approximate surface area is 132 Å². The zero-order valence-corrected chi connectivity index (χ0v) is 14.0. The zero-order valence-electron chi connectivity index (χ0n) is 14.0. The first kappa shape index (κ1) is 18.7. The van der Waals surface area contributed by atoms with E-state index >= 15 is 0 Å². The van der Waals surface area contributed by atoms with Crippen molar-refractivity contribution in [1.82, 2.24) is 15.5 Å². The smallest absolute Gasteiger partial charge is 0.407 e. The molecule has 0 radical (unpaired) electrons. The number of carbonyl (C=O) groups is 2. The monoisotopic (exact) mass is 314 g/mol. The van der Waals surface area contributed by atoms with Crippen molar-refractivity contribution >= 4 is 12.0 Å². The van der Waals surface area contributed by atoms with Crippen LogP contribution in [-0.4, -0.2) is 61.3 Å². The number of hydrogen-bond acceptors (Lipinski definition) is 5. The van der Waals surface area contributed by atoms with E-state index < -0.39 is 5.60 Å². The zero-order chi connectivity index (χ0) is 16.6. The second-order valence-electron chi connectivity index (χ2n) is 6.75. The van der Waals surface area contributed by atoms with Crippen LogP contribution in [0.1, 0.15) is 40.0 Å². The lowest BCUT2D eigenvalue weighted by Gasteiger charge is -2.31. The number of amides is 2. The summed E-state index contributed by atoms with van der Waals surface area (Å²) in [5, 5.41) is 6.23. The summed E-state index contributed by atoms with van der Waals surface area (Å²) in [6.07, 6.45) is 2.53. The molecule has 128 valence electrons. The number of nitrogens with zero attached hydrogens (tertiary/aromatic N) is 1. The van der Waals surface area contributed by atoms with Crippen molar-refractivity contribution in [3.8, 4) is 0 Å². The van der Waals surface area contributed by atoms with Gasteiger partial charge in [-0.15, -0.1) is 0 Å². The third-order valence-corrected chi connectivity index (χ3v) is 3.42. The van der Waals surface area contributed by atoms with Crippen molar-refractivity contribution in [3.63, 3.8) is 0 Å². The summed E-state index contributed by atoms with van der Waals surface area (Å²) < 4.78 is 5.16. The van der Waals surface area contributed by atoms with Crippen LogP contribution in [0.25, 0.3) is 0 Å². The van der Waals surface area contributed by atoms with E-state index in [1.165, 1.54) is 0 Å². The first-order chi connectivity index (χ1) is 10.3. The first-order valence-electron chi connectivity index (χ1n) is 7.97. The summed E-state index contributed by atoms with van der Waals surface area (Å²) in [5.74, 6) is -0.264. The normalized spacial score (nSPS) is 17.2. The Morgan fingerprint density at radius 1 is 1.23 bits per heavy atom. The highest BCUT2D eigenvalue weighted by molar-refractivity contribution is 5.75. The number of likely N-dealkylation sites (tertiary alicyclic amines) is 1. The number of nitrogens with two attached hydrogens (primary N) is 1. The molecule has 1 aliphatic heterocycles. The number of rotatable bonds is 7. The minimum absolute atomic E-state index is 0.264. The van der Waals surface area contributed by atoms with Crippen molar-refractivity contribution in [2.45, 2.75) is 51.7 Å². The van der Waals surface area contributed by atoms with Gasteiger partial charge in [-0.3, -0.25) is 9.69 Å². The van der Waals surface area contributed by atoms with Gasteiger partial charge >= 0.3 is 6.09 Å². The molecule has 7 heteroatoms. The number of carbonyl (C=O) groups excluding carboxylic acids is 2. The molecule has 1 rings (SSSR count). The van der Waals surface area contributed by atoms with E-state index in [1.54, 1.807) is 0 Å². The van der Waals surface area contributed by atoms with Crippen LogP contribution in [0.5, 0.6) is 0 Å². The molecule has 0 aliphatic carbocycles. The molecule has 0 atom stereocenters. The maximum Gasteiger partial charge on any atom is 0.407 e. The average Bonchev–Trinajstić information content (AvgIpc) is 2.37. The van der Waals surface area contributed by atoms with Gasteiger partial charge < -0.3 is 21.1 Å². The fraction of sp³-hybridized carbons (Fsp3) is 0.867. The van der Waals surface area contributed by atoms with Gasteiger partial charge in [-0.1, -0.05) is 0 Å². The minimum atomic E-state index is -0.457. The molecule has 0 saturated carbocycles. The molecule has 7 nitrogen and oxygen atoms in total. The van der Waals surface area contributed by atoms with Gasteiger partial charge in [0, 0.05) is 25.7 Å². The van der Waals surface area contributed by atoms with Crippen molar-refractivity contribution in [1.29, 1.82) is 0 Å². The first-order valence-corrected chi connectivity index (χ1v) is 7.97. The summed E-state index contributed by atoms with van der Waals surface area (Å²) in [5.41, 5.74) is 4.74. The molecule has 0 aromatic rings. The van der Waals surface area contributed by atoms with Crippen LogP contribution in [-0.2, 0) is 9.53 Å². The molecule has 2 amide bonds. The fourth-order valence-corrected chi connectivity index (χ4v) is 2.41. The van der Waals surface area contributed by atoms with E-state index in [9.17, 15) is 9.59 Å². The summed E-state index contributed by atoms with van der Waals surface area (Å²) >= 11 is 0. The second-order valence-corrected chi connectivity index (χ2v) is 6.75. The lowest BCUT2D eigenvalue weighted by atomic mass is 10.0. The van der Waals surface area contributed by atoms with Crippen LogP contribution in [0.3, 0.4) is 0 Å². The van der Waals surface area contributed by atoms with Gasteiger partial charge in [-0.25, -0.2) is 4.79 Å². The number of piperidine rings is 1. The van der Waals surface area contributed by atoms with Crippen molar-refractivity contribution < 1.29 is 14.3 Å². The number of primary amides is 1. The molecule has 1 aliphatic rings. The number of hydrogen-bond donors (Lipinski definition) is 3. The third-order valence-electron chi connectivity index (χ3n) is 3.42. The number of nitrogens with one attached hydrogen (secondary N) is 2. The van der Waals surface area contributed by atoms with Crippen LogP contribution < -0.4 is 16.4 Å². The summed E-state index contributed by atoms with van der Waals surface area (Å²) in [6, 6.07) is 0.477. The molecule has 22 heavy (non-hydrogen) atoms. The van der Waals surface area contributed by atoms with Crippen LogP contribution in [0, 0.1) is 0 Å². The SMILES string of the molecule is CC(C)(C)OC(=O)NCCCNC1CCN(CC(N)=O)CC1. The van der Waals surface area contributed by atoms with E-state index in [4.69, 9.17) is 10.5 Å². The Kier molecular flexibility index (Phi) is 7.61. The van der Waals surface area contributed by atoms with E-state index in [0.29, 0.717) is 19.1 Å². The molecule has 4 N–H and O–H groups in total. The fourth-order valence-electron chi connectivity index (χ4n) is 2.41. The number of alkyl carbamates (subject to hydrolysis) is 1. The Morgan fingerprint density at radius 2 is 1.86 bits per heavy atom. The standard InChI is InChI=1S/C15H30N4O3/c1-15(2,3)22-14(21)18-8-4-7-17-12-5-9-19(10-6-12)11-13(16)20/h12,17H,4-11H2,1-3H3,(H2,16,20)(H,18,21). The molecule has 0 aromatic carbocycles. The predicted octanol–water partition coefficient (Wildman–Crippen LogP) is 0.441. The van der Waals surface area contributed by atoms with Gasteiger partial charge in [0.25, 0.3) is 0 Å². The molecule has 0 unspecified atom stereocenters. The largest absolute Gasteiger partial charge is 0.444 e. The van der Waals surface area contributed by atoms with Crippen LogP contribution in [0.4, 0.5) is 4.79 Å². The molecule has 0 bridgehead atoms. The van der Waals surface area contributed by atoms with E-state index in [0.717, 1.165) is 38.9 Å². The lowest BCUT2D eigenvalue weighted by molar-refractivity contribution is -0.119. The highest BCUT2D eigenvalue weighted by Crippen LogP contribution is 2.09. The number of ether oxygens (including phenoxy) is 1. The molecule has 0 aromatic heterocycles. The predicted molar refractivity (Wildman–Crippen MR) is 85.5 cm³/mol. The van der Waals surface area contributed by atoms with Gasteiger partial charge in [-0.05, 0) is 46.6 Å². The minimum Gasteiger partial charge on any atom is -0.444 e. The van der Waals surface area contributed by atoms with E-state index in [-0.39, 0.29) is 12.0 Å². The quantitative estimate of drug-likeness (QED) is 0.593. The van der Waals surface area contributed by atoms with Crippen molar-refractivity contribution in [3.05, 3.63) is 0 Å². The summed E-state index contributed by atoms with van der Waals surface area (Å²) in [6.45, 7) is 9.15. The van der Waals surface area contributed by atoms with Crippen molar-refractivity contribution in [2.24, 2.45) is 5.73 Å². The van der Waals surface area contributed by atoms with Gasteiger partial charge in [0.2, 0.25) is 5.91 Å². The molecule has 1 saturated heterocycles. The van der Waals surface area contributed by atoms with Crippen LogP contribution >= 0.6 is 0 Å². The summed E-state index contributed by atoms with van der Waals surface area (Å²) in [4.78, 5) is 24.4. The maximum atomic E-state index is 11.5. The van der Waals surface area contributed by atoms with Gasteiger partial charge in [0.05, 0.1) is 6.54 Å². The van der Waals surface area contributed by atoms with Gasteiger partial charge in [-0.2, -0.15) is 0 Å². The maximum absolute atomic E-state index is 11.5. The Balaban J connectivity index is 2.02. The van der Waals surface area contributed by atoms with Crippen LogP contribution in [0.15, 0.2) is 0 Å². The topological polar surface area (TPSA) is 96.7 Å². The Morgan fingerprint density at radius 3 is 2.41 bits per heavy atom. The van der Waals surface area contributed by atoms with Gasteiger partial charge in [0.1, 0.15) is 5.60 Å². The molecule has 1 heterocycles. The van der Waals surface area contributed by atoms with E-state index in [2.05, 4.69) is 15.5 Å². The average molecular weight is 314 g/mol. The third kappa shape index (κ3) is 8.84. The summed E-state index contributed by atoms with van der Waals surface area (Å²) in [7, 11) is 0. The second kappa shape index (κ2) is 8.95. The highest BCUT2D eigenvalue weighted by atomic mass is 16.6. The lowest BCUT2D eigenvalue weighted by Crippen LogP contribution is -2.45. The molecular formula is C15H30N4O3. The van der Waals surface area contributed by atoms with Gasteiger partial charge in [0.15, 0.2) is 0 Å².